The van der Waals surface area contributed by atoms with E-state index < -0.39 is 11.2 Å². The summed E-state index contributed by atoms with van der Waals surface area (Å²) in [6.07, 6.45) is 3.57. The number of nitrogens with one attached hydrogen (secondary N) is 1. The van der Waals surface area contributed by atoms with Crippen molar-refractivity contribution in [3.05, 3.63) is 52.6 Å². The van der Waals surface area contributed by atoms with E-state index in [1.165, 1.54) is 0 Å². The Kier molecular flexibility index (Phi) is 7.29. The Bertz CT molecular complexity index is 991. The summed E-state index contributed by atoms with van der Waals surface area (Å²) in [4.78, 5) is 16.8. The minimum absolute atomic E-state index is 0.171. The molecule has 0 spiro atoms. The molecule has 30 heavy (non-hydrogen) atoms. The molecule has 154 valence electrons. The quantitative estimate of drug-likeness (QED) is 0.396. The van der Waals surface area contributed by atoms with E-state index in [9.17, 15) is 15.3 Å². The van der Waals surface area contributed by atoms with Crippen LogP contribution in [0.3, 0.4) is 0 Å². The van der Waals surface area contributed by atoms with Crippen LogP contribution in [0.25, 0.3) is 0 Å². The van der Waals surface area contributed by atoms with Crippen LogP contribution in [0.5, 0.6) is 0 Å². The van der Waals surface area contributed by atoms with Gasteiger partial charge in [0.2, 0.25) is 5.91 Å². The number of primary amides is 1. The van der Waals surface area contributed by atoms with E-state index in [0.29, 0.717) is 35.1 Å². The van der Waals surface area contributed by atoms with E-state index in [1.54, 1.807) is 0 Å². The fourth-order valence-electron chi connectivity index (χ4n) is 3.30. The van der Waals surface area contributed by atoms with Gasteiger partial charge in [-0.1, -0.05) is 42.1 Å². The molecule has 7 nitrogen and oxygen atoms in total. The lowest BCUT2D eigenvalue weighted by molar-refractivity contribution is -0.117. The van der Waals surface area contributed by atoms with Crippen molar-refractivity contribution in [1.82, 2.24) is 4.98 Å². The van der Waals surface area contributed by atoms with Gasteiger partial charge in [-0.15, -0.1) is 0 Å². The molecule has 0 saturated heterocycles. The minimum Gasteiger partial charge on any atom is -0.369 e. The van der Waals surface area contributed by atoms with Gasteiger partial charge in [0.15, 0.2) is 0 Å². The van der Waals surface area contributed by atoms with Crippen LogP contribution in [0.15, 0.2) is 35.4 Å². The van der Waals surface area contributed by atoms with Crippen molar-refractivity contribution < 1.29 is 4.79 Å². The van der Waals surface area contributed by atoms with Crippen molar-refractivity contribution in [2.45, 2.75) is 41.9 Å². The topological polar surface area (TPSA) is 142 Å². The molecule has 0 radical (unpaired) electrons. The van der Waals surface area contributed by atoms with Gasteiger partial charge in [0.25, 0.3) is 0 Å². The molecule has 1 aromatic heterocycles. The van der Waals surface area contributed by atoms with Crippen LogP contribution in [-0.4, -0.2) is 24.0 Å². The Morgan fingerprint density at radius 3 is 2.47 bits per heavy atom. The Morgan fingerprint density at radius 2 is 1.90 bits per heavy atom. The summed E-state index contributed by atoms with van der Waals surface area (Å²) in [5.41, 5.74) is 13.5. The number of rotatable bonds is 10. The lowest BCUT2D eigenvalue weighted by Gasteiger charge is -2.18. The highest BCUT2D eigenvalue weighted by Crippen LogP contribution is 2.47. The van der Waals surface area contributed by atoms with Gasteiger partial charge in [-0.2, -0.15) is 10.5 Å². The maximum absolute atomic E-state index is 12.2. The van der Waals surface area contributed by atoms with Crippen LogP contribution in [0.1, 0.15) is 59.1 Å². The number of hydrogen-bond acceptors (Lipinski definition) is 7. The van der Waals surface area contributed by atoms with Crippen LogP contribution >= 0.6 is 11.8 Å². The Hall–Kier alpha value is -3.07. The number of hydrogen-bond donors (Lipinski definition) is 3. The maximum atomic E-state index is 12.2. The maximum Gasteiger partial charge on any atom is 0.235 e. The summed E-state index contributed by atoms with van der Waals surface area (Å²) in [7, 11) is 0. The average molecular weight is 421 g/mol. The zero-order chi connectivity index (χ0) is 21.5. The number of anilines is 1. The van der Waals surface area contributed by atoms with Gasteiger partial charge in [-0.05, 0) is 49.3 Å². The van der Waals surface area contributed by atoms with Crippen molar-refractivity contribution in [2.75, 3.05) is 18.4 Å². The monoisotopic (exact) mass is 420 g/mol. The fourth-order valence-corrected chi connectivity index (χ4v) is 4.35. The number of nitriles is 2. The number of aromatic nitrogens is 1. The van der Waals surface area contributed by atoms with Crippen molar-refractivity contribution in [3.8, 4) is 12.1 Å². The number of nitrogens with two attached hydrogens (primary N) is 2. The van der Waals surface area contributed by atoms with Crippen molar-refractivity contribution in [2.24, 2.45) is 11.5 Å². The van der Waals surface area contributed by atoms with Gasteiger partial charge < -0.3 is 16.8 Å². The third kappa shape index (κ3) is 4.91. The number of carbonyl (C=O) groups excluding carboxylic acids is 1. The Balaban J connectivity index is 2.04. The molecule has 8 heteroatoms. The highest BCUT2D eigenvalue weighted by Gasteiger charge is 2.34. The first-order chi connectivity index (χ1) is 14.6. The number of amides is 1. The van der Waals surface area contributed by atoms with E-state index in [4.69, 9.17) is 11.5 Å². The van der Waals surface area contributed by atoms with Gasteiger partial charge >= 0.3 is 0 Å². The molecule has 0 bridgehead atoms. The Labute approximate surface area is 180 Å². The van der Waals surface area contributed by atoms with Crippen LogP contribution in [0.2, 0.25) is 0 Å². The third-order valence-electron chi connectivity index (χ3n) is 4.93. The molecule has 3 rings (SSSR count). The normalized spacial score (nSPS) is 13.8. The summed E-state index contributed by atoms with van der Waals surface area (Å²) in [6.45, 7) is 1.22. The average Bonchev–Trinajstić information content (AvgIpc) is 3.60. The second-order valence-corrected chi connectivity index (χ2v) is 8.25. The van der Waals surface area contributed by atoms with E-state index in [-0.39, 0.29) is 5.92 Å². The first-order valence-corrected chi connectivity index (χ1v) is 10.8. The molecule has 1 saturated carbocycles. The molecule has 2 aromatic rings. The van der Waals surface area contributed by atoms with E-state index in [2.05, 4.69) is 22.4 Å². The number of thioether (sulfide) groups is 1. The number of unbranched alkanes of at least 4 members (excludes halogenated alkanes) is 1. The second kappa shape index (κ2) is 10.1. The summed E-state index contributed by atoms with van der Waals surface area (Å²) < 4.78 is 0. The lowest BCUT2D eigenvalue weighted by Crippen LogP contribution is -2.19. The molecule has 1 heterocycles. The first-order valence-electron chi connectivity index (χ1n) is 9.93. The van der Waals surface area contributed by atoms with Crippen LogP contribution < -0.4 is 16.8 Å². The molecule has 1 fully saturated rings. The molecule has 1 aromatic carbocycles. The van der Waals surface area contributed by atoms with Crippen LogP contribution in [-0.2, 0) is 4.79 Å². The predicted octanol–water partition coefficient (Wildman–Crippen LogP) is 3.17. The molecule has 1 aliphatic rings. The molecule has 1 unspecified atom stereocenters. The lowest BCUT2D eigenvalue weighted by atomic mass is 10.00. The number of pyridine rings is 1. The van der Waals surface area contributed by atoms with Crippen LogP contribution in [0, 0.1) is 22.7 Å². The molecule has 5 N–H and O–H groups in total. The zero-order valence-corrected chi connectivity index (χ0v) is 17.4. The summed E-state index contributed by atoms with van der Waals surface area (Å²) in [5.74, 6) is 0.117. The number of nitrogens with zero attached hydrogens (tertiary/aromatic N) is 3. The van der Waals surface area contributed by atoms with Gasteiger partial charge in [0.05, 0.1) is 11.1 Å². The van der Waals surface area contributed by atoms with Gasteiger partial charge in [0, 0.05) is 6.54 Å². The number of carbonyl (C=O) groups is 1. The summed E-state index contributed by atoms with van der Waals surface area (Å²) in [6, 6.07) is 13.6. The highest BCUT2D eigenvalue weighted by atomic mass is 32.2. The molecular formula is C22H24N6OS. The molecule has 0 aliphatic heterocycles. The van der Waals surface area contributed by atoms with E-state index in [0.717, 1.165) is 48.6 Å². The van der Waals surface area contributed by atoms with Crippen molar-refractivity contribution in [3.63, 3.8) is 0 Å². The molecule has 1 amide bonds. The summed E-state index contributed by atoms with van der Waals surface area (Å²) >= 11 is 1.16. The Morgan fingerprint density at radius 1 is 1.20 bits per heavy atom. The molecular weight excluding hydrogens is 396 g/mol. The second-order valence-electron chi connectivity index (χ2n) is 7.16. The molecule has 1 aliphatic carbocycles. The fraction of sp³-hybridized carbons (Fsp3) is 0.364. The largest absolute Gasteiger partial charge is 0.369 e. The SMILES string of the molecule is N#Cc1c(NCCCCN)nc(SC(C(N)=O)c2ccccc2)c(C#N)c1C1CC1. The zero-order valence-electron chi connectivity index (χ0n) is 16.6. The van der Waals surface area contributed by atoms with Gasteiger partial charge in [-0.3, -0.25) is 4.79 Å². The summed E-state index contributed by atoms with van der Waals surface area (Å²) in [5, 5.41) is 22.7. The third-order valence-corrected chi connectivity index (χ3v) is 6.18. The highest BCUT2D eigenvalue weighted by molar-refractivity contribution is 8.00. The predicted molar refractivity (Wildman–Crippen MR) is 117 cm³/mol. The van der Waals surface area contributed by atoms with Crippen LogP contribution in [0.4, 0.5) is 5.82 Å². The molecule has 1 atom stereocenters. The van der Waals surface area contributed by atoms with Crippen molar-refractivity contribution in [1.29, 1.82) is 10.5 Å². The van der Waals surface area contributed by atoms with E-state index >= 15 is 0 Å². The van der Waals surface area contributed by atoms with E-state index in [1.807, 2.05) is 30.3 Å². The minimum atomic E-state index is -0.684. The number of benzene rings is 1. The van der Waals surface area contributed by atoms with Gasteiger partial charge in [-0.25, -0.2) is 4.98 Å². The smallest absolute Gasteiger partial charge is 0.235 e. The standard InChI is InChI=1S/C22H24N6OS/c23-10-4-5-11-27-21-16(12-24)18(14-8-9-14)17(13-25)22(28-21)30-19(20(26)29)15-6-2-1-3-7-15/h1-3,6-7,14,19H,4-5,8-11,23H2,(H2,26,29)(H,27,28). The van der Waals surface area contributed by atoms with Gasteiger partial charge in [0.1, 0.15) is 28.2 Å². The first kappa shape index (κ1) is 21.6. The van der Waals surface area contributed by atoms with Crippen molar-refractivity contribution >= 4 is 23.5 Å².